The molecule has 0 unspecified atom stereocenters. The number of anilines is 1. The van der Waals surface area contributed by atoms with Gasteiger partial charge in [-0.2, -0.15) is 10.1 Å². The number of aryl methyl sites for hydroxylation is 3. The number of rotatable bonds is 6. The van der Waals surface area contributed by atoms with Crippen LogP contribution in [-0.4, -0.2) is 38.3 Å². The van der Waals surface area contributed by atoms with E-state index in [2.05, 4.69) is 20.6 Å². The van der Waals surface area contributed by atoms with Gasteiger partial charge in [-0.05, 0) is 44.0 Å². The highest BCUT2D eigenvalue weighted by molar-refractivity contribution is 6.00. The third kappa shape index (κ3) is 3.96. The molecule has 4 rings (SSSR count). The molecule has 0 spiro atoms. The van der Waals surface area contributed by atoms with Gasteiger partial charge in [0.1, 0.15) is 0 Å². The molecule has 2 aromatic heterocycles. The molecule has 2 amide bonds. The van der Waals surface area contributed by atoms with Crippen molar-refractivity contribution in [2.45, 2.75) is 40.3 Å². The van der Waals surface area contributed by atoms with Crippen molar-refractivity contribution in [1.29, 1.82) is 0 Å². The van der Waals surface area contributed by atoms with Crippen LogP contribution in [0.5, 0.6) is 0 Å². The lowest BCUT2D eigenvalue weighted by Crippen LogP contribution is -2.32. The number of hydrogen-bond donors (Lipinski definition) is 1. The molecule has 9 heteroatoms. The molecule has 1 atom stereocenters. The van der Waals surface area contributed by atoms with Gasteiger partial charge in [-0.25, -0.2) is 0 Å². The molecule has 0 aliphatic carbocycles. The average Bonchev–Trinajstić information content (AvgIpc) is 3.47. The fourth-order valence-corrected chi connectivity index (χ4v) is 3.43. The Morgan fingerprint density at radius 2 is 2.13 bits per heavy atom. The van der Waals surface area contributed by atoms with E-state index in [9.17, 15) is 9.59 Å². The smallest absolute Gasteiger partial charge is 0.246 e. The first-order valence-corrected chi connectivity index (χ1v) is 9.95. The van der Waals surface area contributed by atoms with Crippen LogP contribution >= 0.6 is 0 Å². The maximum atomic E-state index is 12.6. The van der Waals surface area contributed by atoms with Crippen molar-refractivity contribution in [3.8, 4) is 11.4 Å². The number of carbonyl (C=O) groups is 2. The number of aromatic nitrogens is 4. The molecular weight excluding hydrogens is 384 g/mol. The van der Waals surface area contributed by atoms with Gasteiger partial charge in [0.05, 0.1) is 24.2 Å². The molecule has 1 fully saturated rings. The first-order valence-electron chi connectivity index (χ1n) is 9.95. The Hall–Kier alpha value is -3.49. The van der Waals surface area contributed by atoms with E-state index in [1.54, 1.807) is 15.8 Å². The molecule has 1 saturated heterocycles. The van der Waals surface area contributed by atoms with Crippen molar-refractivity contribution in [2.24, 2.45) is 5.92 Å². The van der Waals surface area contributed by atoms with E-state index in [1.165, 1.54) is 5.56 Å². The monoisotopic (exact) mass is 408 g/mol. The number of benzene rings is 1. The molecule has 3 aromatic rings. The predicted molar refractivity (Wildman–Crippen MR) is 109 cm³/mol. The zero-order chi connectivity index (χ0) is 21.3. The molecule has 1 aliphatic heterocycles. The minimum absolute atomic E-state index is 0.0496. The maximum absolute atomic E-state index is 12.6. The summed E-state index contributed by atoms with van der Waals surface area (Å²) in [6, 6.07) is 5.89. The van der Waals surface area contributed by atoms with Crippen LogP contribution in [0.3, 0.4) is 0 Å². The van der Waals surface area contributed by atoms with Gasteiger partial charge >= 0.3 is 0 Å². The molecule has 1 aliphatic rings. The molecular formula is C21H24N6O3. The van der Waals surface area contributed by atoms with E-state index in [0.717, 1.165) is 23.4 Å². The average molecular weight is 408 g/mol. The Balaban J connectivity index is 1.35. The summed E-state index contributed by atoms with van der Waals surface area (Å²) < 4.78 is 6.99. The topological polar surface area (TPSA) is 106 Å². The lowest BCUT2D eigenvalue weighted by molar-refractivity contribution is -0.126. The quantitative estimate of drug-likeness (QED) is 0.670. The molecule has 3 heterocycles. The van der Waals surface area contributed by atoms with Crippen molar-refractivity contribution < 1.29 is 14.1 Å². The summed E-state index contributed by atoms with van der Waals surface area (Å²) in [5.41, 5.74) is 3.86. The van der Waals surface area contributed by atoms with Gasteiger partial charge in [-0.1, -0.05) is 11.2 Å². The summed E-state index contributed by atoms with van der Waals surface area (Å²) in [7, 11) is 0. The van der Waals surface area contributed by atoms with Crippen molar-refractivity contribution in [1.82, 2.24) is 25.2 Å². The van der Waals surface area contributed by atoms with Crippen LogP contribution in [0, 0.1) is 19.8 Å². The summed E-state index contributed by atoms with van der Waals surface area (Å²) in [5, 5.41) is 10.9. The van der Waals surface area contributed by atoms with Gasteiger partial charge < -0.3 is 14.7 Å². The van der Waals surface area contributed by atoms with Crippen molar-refractivity contribution in [3.63, 3.8) is 0 Å². The molecule has 156 valence electrons. The fourth-order valence-electron chi connectivity index (χ4n) is 3.43. The van der Waals surface area contributed by atoms with Gasteiger partial charge in [0.15, 0.2) is 0 Å². The second kappa shape index (κ2) is 8.10. The number of nitrogens with one attached hydrogen (secondary N) is 1. The second-order valence-corrected chi connectivity index (χ2v) is 7.49. The first-order chi connectivity index (χ1) is 14.4. The van der Waals surface area contributed by atoms with Crippen LogP contribution in [0.15, 0.2) is 35.1 Å². The van der Waals surface area contributed by atoms with Crippen LogP contribution < -0.4 is 10.2 Å². The highest BCUT2D eigenvalue weighted by atomic mass is 16.5. The standard InChI is InChI=1S/C21H24N6O3/c1-4-26-11-16(9-23-26)20-24-18(30-25-20)10-22-21(29)15-8-19(28)27(12-15)17-6-5-13(2)14(3)7-17/h5-7,9,11,15H,4,8,10,12H2,1-3H3,(H,22,29)/t15-/m0/s1. The summed E-state index contributed by atoms with van der Waals surface area (Å²) >= 11 is 0. The highest BCUT2D eigenvalue weighted by Crippen LogP contribution is 2.27. The van der Waals surface area contributed by atoms with Crippen LogP contribution in [0.2, 0.25) is 0 Å². The summed E-state index contributed by atoms with van der Waals surface area (Å²) in [4.78, 5) is 31.0. The van der Waals surface area contributed by atoms with Crippen molar-refractivity contribution >= 4 is 17.5 Å². The van der Waals surface area contributed by atoms with Gasteiger partial charge in [0, 0.05) is 31.4 Å². The minimum Gasteiger partial charge on any atom is -0.347 e. The normalized spacial score (nSPS) is 16.3. The molecule has 1 N–H and O–H groups in total. The van der Waals surface area contributed by atoms with Crippen LogP contribution in [0.1, 0.15) is 30.4 Å². The highest BCUT2D eigenvalue weighted by Gasteiger charge is 2.35. The number of amides is 2. The van der Waals surface area contributed by atoms with Gasteiger partial charge in [0.25, 0.3) is 0 Å². The molecule has 1 aromatic carbocycles. The SMILES string of the molecule is CCn1cc(-c2noc(CNC(=O)[C@H]3CC(=O)N(c4ccc(C)c(C)c4)C3)n2)cn1. The molecule has 30 heavy (non-hydrogen) atoms. The van der Waals surface area contributed by atoms with Gasteiger partial charge in [-0.15, -0.1) is 0 Å². The van der Waals surface area contributed by atoms with E-state index in [-0.39, 0.29) is 24.8 Å². The zero-order valence-corrected chi connectivity index (χ0v) is 17.3. The Kier molecular flexibility index (Phi) is 5.35. The third-order valence-corrected chi connectivity index (χ3v) is 5.40. The summed E-state index contributed by atoms with van der Waals surface area (Å²) in [6.45, 7) is 7.25. The Bertz CT molecular complexity index is 1090. The second-order valence-electron chi connectivity index (χ2n) is 7.49. The molecule has 0 radical (unpaired) electrons. The molecule has 0 saturated carbocycles. The fraction of sp³-hybridized carbons (Fsp3) is 0.381. The summed E-state index contributed by atoms with van der Waals surface area (Å²) in [6.07, 6.45) is 3.69. The van der Waals surface area contributed by atoms with E-state index in [0.29, 0.717) is 18.3 Å². The van der Waals surface area contributed by atoms with Gasteiger partial charge in [-0.3, -0.25) is 14.3 Å². The zero-order valence-electron chi connectivity index (χ0n) is 17.3. The lowest BCUT2D eigenvalue weighted by atomic mass is 10.1. The minimum atomic E-state index is -0.413. The Morgan fingerprint density at radius 1 is 1.30 bits per heavy atom. The largest absolute Gasteiger partial charge is 0.347 e. The van der Waals surface area contributed by atoms with E-state index >= 15 is 0 Å². The molecule has 0 bridgehead atoms. The number of carbonyl (C=O) groups excluding carboxylic acids is 2. The van der Waals surface area contributed by atoms with Crippen LogP contribution in [-0.2, 0) is 22.7 Å². The Labute approximate surface area is 174 Å². The van der Waals surface area contributed by atoms with E-state index < -0.39 is 5.92 Å². The van der Waals surface area contributed by atoms with E-state index in [1.807, 2.05) is 45.2 Å². The summed E-state index contributed by atoms with van der Waals surface area (Å²) in [5.74, 6) is 0.0674. The van der Waals surface area contributed by atoms with Crippen LogP contribution in [0.25, 0.3) is 11.4 Å². The Morgan fingerprint density at radius 3 is 2.87 bits per heavy atom. The van der Waals surface area contributed by atoms with Gasteiger partial charge in [0.2, 0.25) is 23.5 Å². The van der Waals surface area contributed by atoms with Crippen molar-refractivity contribution in [3.05, 3.63) is 47.6 Å². The predicted octanol–water partition coefficient (Wildman–Crippen LogP) is 2.24. The first kappa shape index (κ1) is 19.8. The lowest BCUT2D eigenvalue weighted by Gasteiger charge is -2.18. The maximum Gasteiger partial charge on any atom is 0.246 e. The number of hydrogen-bond acceptors (Lipinski definition) is 6. The van der Waals surface area contributed by atoms with Crippen molar-refractivity contribution in [2.75, 3.05) is 11.4 Å². The third-order valence-electron chi connectivity index (χ3n) is 5.40. The molecule has 9 nitrogen and oxygen atoms in total. The van der Waals surface area contributed by atoms with Crippen LogP contribution in [0.4, 0.5) is 5.69 Å². The number of nitrogens with zero attached hydrogens (tertiary/aromatic N) is 5. The van der Waals surface area contributed by atoms with E-state index in [4.69, 9.17) is 4.52 Å².